The second-order valence-corrected chi connectivity index (χ2v) is 6.36. The second kappa shape index (κ2) is 7.27. The van der Waals surface area contributed by atoms with Crippen molar-refractivity contribution in [2.24, 2.45) is 0 Å². The molecule has 1 aliphatic rings. The zero-order valence-corrected chi connectivity index (χ0v) is 14.5. The fraction of sp³-hybridized carbons (Fsp3) is 0.235. The lowest BCUT2D eigenvalue weighted by Crippen LogP contribution is -2.36. The monoisotopic (exact) mass is 426 g/mol. The predicted octanol–water partition coefficient (Wildman–Crippen LogP) is 3.52. The third-order valence-electron chi connectivity index (χ3n) is 3.68. The molecule has 2 aromatic rings. The summed E-state index contributed by atoms with van der Waals surface area (Å²) in [5, 5.41) is 2.74. The van der Waals surface area contributed by atoms with Crippen molar-refractivity contribution >= 4 is 39.9 Å². The first-order chi connectivity index (χ1) is 11.1. The highest BCUT2D eigenvalue weighted by Gasteiger charge is 2.16. The number of carbonyl (C=O) groups excluding carboxylic acids is 1. The van der Waals surface area contributed by atoms with E-state index in [1.165, 1.54) is 6.07 Å². The van der Waals surface area contributed by atoms with Gasteiger partial charge in [0.15, 0.2) is 0 Å². The fourth-order valence-electron chi connectivity index (χ4n) is 2.49. The van der Waals surface area contributed by atoms with Crippen LogP contribution in [0.25, 0.3) is 0 Å². The van der Waals surface area contributed by atoms with E-state index in [1.807, 2.05) is 17.0 Å². The summed E-state index contributed by atoms with van der Waals surface area (Å²) < 4.78 is 20.5. The molecule has 120 valence electrons. The van der Waals surface area contributed by atoms with Crippen molar-refractivity contribution in [1.82, 2.24) is 0 Å². The molecule has 0 atom stereocenters. The SMILES string of the molecule is O=C(Nc1ccc(N2CCOCC2)c(F)c1)c1ccccc1I. The van der Waals surface area contributed by atoms with Crippen molar-refractivity contribution in [3.63, 3.8) is 0 Å². The molecule has 0 aliphatic carbocycles. The van der Waals surface area contributed by atoms with E-state index in [4.69, 9.17) is 4.74 Å². The zero-order chi connectivity index (χ0) is 16.2. The summed E-state index contributed by atoms with van der Waals surface area (Å²) in [4.78, 5) is 14.2. The van der Waals surface area contributed by atoms with E-state index < -0.39 is 0 Å². The van der Waals surface area contributed by atoms with Crippen LogP contribution in [0.2, 0.25) is 0 Å². The molecule has 0 spiro atoms. The number of rotatable bonds is 3. The Balaban J connectivity index is 1.75. The van der Waals surface area contributed by atoms with Gasteiger partial charge in [-0.1, -0.05) is 12.1 Å². The molecule has 0 radical (unpaired) electrons. The van der Waals surface area contributed by atoms with Crippen LogP contribution in [0.5, 0.6) is 0 Å². The number of nitrogens with zero attached hydrogens (tertiary/aromatic N) is 1. The van der Waals surface area contributed by atoms with E-state index in [0.29, 0.717) is 43.2 Å². The quantitative estimate of drug-likeness (QED) is 0.764. The molecule has 23 heavy (non-hydrogen) atoms. The van der Waals surface area contributed by atoms with Crippen molar-refractivity contribution in [2.75, 3.05) is 36.5 Å². The van der Waals surface area contributed by atoms with Gasteiger partial charge in [-0.2, -0.15) is 0 Å². The molecule has 3 rings (SSSR count). The fourth-order valence-corrected chi connectivity index (χ4v) is 3.12. The van der Waals surface area contributed by atoms with Gasteiger partial charge in [-0.3, -0.25) is 4.79 Å². The topological polar surface area (TPSA) is 41.6 Å². The zero-order valence-electron chi connectivity index (χ0n) is 12.4. The van der Waals surface area contributed by atoms with Crippen LogP contribution < -0.4 is 10.2 Å². The lowest BCUT2D eigenvalue weighted by atomic mass is 10.2. The summed E-state index contributed by atoms with van der Waals surface area (Å²) in [6.07, 6.45) is 0. The molecule has 6 heteroatoms. The Kier molecular flexibility index (Phi) is 5.12. The van der Waals surface area contributed by atoms with E-state index in [1.54, 1.807) is 24.3 Å². The molecule has 2 aromatic carbocycles. The molecule has 0 saturated carbocycles. The highest BCUT2D eigenvalue weighted by Crippen LogP contribution is 2.24. The van der Waals surface area contributed by atoms with Crippen LogP contribution in [0.4, 0.5) is 15.8 Å². The van der Waals surface area contributed by atoms with E-state index in [2.05, 4.69) is 27.9 Å². The average molecular weight is 426 g/mol. The molecule has 1 saturated heterocycles. The molecule has 1 N–H and O–H groups in total. The molecular weight excluding hydrogens is 410 g/mol. The third kappa shape index (κ3) is 3.81. The van der Waals surface area contributed by atoms with E-state index in [-0.39, 0.29) is 11.7 Å². The van der Waals surface area contributed by atoms with Gasteiger partial charge in [0.05, 0.1) is 24.5 Å². The Bertz CT molecular complexity index is 717. The maximum atomic E-state index is 14.3. The molecule has 1 heterocycles. The number of morpholine rings is 1. The Labute approximate surface area is 147 Å². The van der Waals surface area contributed by atoms with Gasteiger partial charge < -0.3 is 15.0 Å². The van der Waals surface area contributed by atoms with Crippen molar-refractivity contribution in [3.8, 4) is 0 Å². The van der Waals surface area contributed by atoms with Gasteiger partial charge in [0.1, 0.15) is 5.82 Å². The number of hydrogen-bond donors (Lipinski definition) is 1. The number of hydrogen-bond acceptors (Lipinski definition) is 3. The third-order valence-corrected chi connectivity index (χ3v) is 4.62. The summed E-state index contributed by atoms with van der Waals surface area (Å²) in [7, 11) is 0. The van der Waals surface area contributed by atoms with Crippen molar-refractivity contribution < 1.29 is 13.9 Å². The number of nitrogens with one attached hydrogen (secondary N) is 1. The number of benzene rings is 2. The van der Waals surface area contributed by atoms with Gasteiger partial charge in [0.25, 0.3) is 5.91 Å². The van der Waals surface area contributed by atoms with Crippen LogP contribution in [0, 0.1) is 9.39 Å². The van der Waals surface area contributed by atoms with E-state index in [9.17, 15) is 9.18 Å². The first kappa shape index (κ1) is 16.2. The first-order valence-corrected chi connectivity index (χ1v) is 8.41. The highest BCUT2D eigenvalue weighted by atomic mass is 127. The van der Waals surface area contributed by atoms with Gasteiger partial charge in [0, 0.05) is 22.3 Å². The van der Waals surface area contributed by atoms with Gasteiger partial charge in [0.2, 0.25) is 0 Å². The summed E-state index contributed by atoms with van der Waals surface area (Å²) in [6.45, 7) is 2.55. The van der Waals surface area contributed by atoms with Crippen molar-refractivity contribution in [3.05, 3.63) is 57.4 Å². The van der Waals surface area contributed by atoms with E-state index >= 15 is 0 Å². The molecule has 1 fully saturated rings. The van der Waals surface area contributed by atoms with Gasteiger partial charge in [-0.25, -0.2) is 4.39 Å². The Morgan fingerprint density at radius 3 is 2.61 bits per heavy atom. The van der Waals surface area contributed by atoms with Gasteiger partial charge in [-0.05, 0) is 52.9 Å². The lowest BCUT2D eigenvalue weighted by Gasteiger charge is -2.29. The molecule has 4 nitrogen and oxygen atoms in total. The average Bonchev–Trinajstić information content (AvgIpc) is 2.56. The molecular formula is C17H16FIN2O2. The summed E-state index contributed by atoms with van der Waals surface area (Å²) in [5.41, 5.74) is 1.57. The molecule has 0 unspecified atom stereocenters. The van der Waals surface area contributed by atoms with Crippen LogP contribution in [0.3, 0.4) is 0 Å². The van der Waals surface area contributed by atoms with Crippen LogP contribution in [0.1, 0.15) is 10.4 Å². The summed E-state index contributed by atoms with van der Waals surface area (Å²) >= 11 is 2.11. The lowest BCUT2D eigenvalue weighted by molar-refractivity contribution is 0.102. The molecule has 0 aromatic heterocycles. The predicted molar refractivity (Wildman–Crippen MR) is 96.5 cm³/mol. The van der Waals surface area contributed by atoms with Crippen LogP contribution in [0.15, 0.2) is 42.5 Å². The number of anilines is 2. The maximum absolute atomic E-state index is 14.3. The number of halogens is 2. The smallest absolute Gasteiger partial charge is 0.256 e. The van der Waals surface area contributed by atoms with Gasteiger partial charge >= 0.3 is 0 Å². The number of ether oxygens (including phenoxy) is 1. The van der Waals surface area contributed by atoms with Crippen LogP contribution in [-0.2, 0) is 4.74 Å². The van der Waals surface area contributed by atoms with Crippen LogP contribution >= 0.6 is 22.6 Å². The standard InChI is InChI=1S/C17H16FIN2O2/c18-14-11-12(5-6-16(14)21-7-9-23-10-8-21)20-17(22)13-3-1-2-4-15(13)19/h1-6,11H,7-10H2,(H,20,22). The first-order valence-electron chi connectivity index (χ1n) is 7.33. The Morgan fingerprint density at radius 1 is 1.17 bits per heavy atom. The Hall–Kier alpha value is -1.67. The Morgan fingerprint density at radius 2 is 1.91 bits per heavy atom. The second-order valence-electron chi connectivity index (χ2n) is 5.20. The maximum Gasteiger partial charge on any atom is 0.256 e. The van der Waals surface area contributed by atoms with Crippen molar-refractivity contribution in [1.29, 1.82) is 0 Å². The molecule has 1 amide bonds. The minimum absolute atomic E-state index is 0.242. The minimum atomic E-state index is -0.340. The number of carbonyl (C=O) groups is 1. The van der Waals surface area contributed by atoms with Crippen LogP contribution in [-0.4, -0.2) is 32.2 Å². The largest absolute Gasteiger partial charge is 0.378 e. The summed E-state index contributed by atoms with van der Waals surface area (Å²) in [6, 6.07) is 12.1. The van der Waals surface area contributed by atoms with Crippen molar-refractivity contribution in [2.45, 2.75) is 0 Å². The summed E-state index contributed by atoms with van der Waals surface area (Å²) in [5.74, 6) is -0.582. The molecule has 0 bridgehead atoms. The number of amides is 1. The minimum Gasteiger partial charge on any atom is -0.378 e. The molecule has 1 aliphatic heterocycles. The van der Waals surface area contributed by atoms with Gasteiger partial charge in [-0.15, -0.1) is 0 Å². The highest BCUT2D eigenvalue weighted by molar-refractivity contribution is 14.1. The van der Waals surface area contributed by atoms with E-state index in [0.717, 1.165) is 3.57 Å². The normalized spacial score (nSPS) is 14.6.